The largest absolute Gasteiger partial charge is 0.507 e. The second kappa shape index (κ2) is 9.52. The van der Waals surface area contributed by atoms with Gasteiger partial charge in [0.1, 0.15) is 29.1 Å². The van der Waals surface area contributed by atoms with Crippen molar-refractivity contribution in [2.45, 2.75) is 12.6 Å². The molecule has 2 heterocycles. The van der Waals surface area contributed by atoms with Gasteiger partial charge in [0.15, 0.2) is 0 Å². The third-order valence-electron chi connectivity index (χ3n) is 5.50. The predicted molar refractivity (Wildman–Crippen MR) is 123 cm³/mol. The number of hydrogen-bond donors (Lipinski definition) is 1. The van der Waals surface area contributed by atoms with Gasteiger partial charge in [0.2, 0.25) is 0 Å². The number of hydrogen-bond acceptors (Lipinski definition) is 6. The molecule has 1 saturated heterocycles. The number of aromatic nitrogens is 1. The Kier molecular flexibility index (Phi) is 6.51. The number of Topliss-reactive ketones (excluding diaryl/α,β-unsaturated/α-hetero) is 1. The van der Waals surface area contributed by atoms with Crippen molar-refractivity contribution in [1.82, 2.24) is 9.88 Å². The highest BCUT2D eigenvalue weighted by Crippen LogP contribution is 2.43. The van der Waals surface area contributed by atoms with Crippen LogP contribution in [0.2, 0.25) is 5.02 Å². The van der Waals surface area contributed by atoms with E-state index in [9.17, 15) is 19.1 Å². The maximum Gasteiger partial charge on any atom is 0.296 e. The highest BCUT2D eigenvalue weighted by Gasteiger charge is 2.47. The molecule has 1 atom stereocenters. The van der Waals surface area contributed by atoms with Crippen LogP contribution in [-0.4, -0.2) is 40.9 Å². The minimum Gasteiger partial charge on any atom is -0.507 e. The Bertz CT molecular complexity index is 1280. The first kappa shape index (κ1) is 23.3. The zero-order valence-corrected chi connectivity index (χ0v) is 19.0. The van der Waals surface area contributed by atoms with Crippen molar-refractivity contribution in [3.8, 4) is 11.5 Å². The van der Waals surface area contributed by atoms with Crippen LogP contribution in [0.4, 0.5) is 4.39 Å². The summed E-state index contributed by atoms with van der Waals surface area (Å²) in [5.41, 5.74) is 0.942. The number of likely N-dealkylation sites (tertiary alicyclic amines) is 1. The molecule has 4 rings (SSSR count). The van der Waals surface area contributed by atoms with Gasteiger partial charge in [-0.3, -0.25) is 14.6 Å². The Morgan fingerprint density at radius 2 is 1.79 bits per heavy atom. The Hall–Kier alpha value is -3.91. The van der Waals surface area contributed by atoms with Crippen LogP contribution in [0.5, 0.6) is 11.5 Å². The number of benzene rings is 2. The second-order valence-electron chi connectivity index (χ2n) is 7.50. The minimum absolute atomic E-state index is 0.00335. The van der Waals surface area contributed by atoms with Gasteiger partial charge in [-0.05, 0) is 35.9 Å². The van der Waals surface area contributed by atoms with E-state index in [4.69, 9.17) is 21.1 Å². The maximum absolute atomic E-state index is 13.4. The van der Waals surface area contributed by atoms with Crippen LogP contribution in [0.15, 0.2) is 66.4 Å². The van der Waals surface area contributed by atoms with E-state index in [0.29, 0.717) is 17.0 Å². The lowest BCUT2D eigenvalue weighted by atomic mass is 9.97. The summed E-state index contributed by atoms with van der Waals surface area (Å²) < 4.78 is 23.9. The summed E-state index contributed by atoms with van der Waals surface area (Å²) in [6.07, 6.45) is 1.53. The summed E-state index contributed by atoms with van der Waals surface area (Å²) in [5.74, 6) is -2.08. The topological polar surface area (TPSA) is 89.0 Å². The fourth-order valence-electron chi connectivity index (χ4n) is 3.86. The number of pyridine rings is 1. The van der Waals surface area contributed by atoms with E-state index in [-0.39, 0.29) is 28.5 Å². The normalized spacial score (nSPS) is 17.2. The van der Waals surface area contributed by atoms with Gasteiger partial charge in [0, 0.05) is 18.8 Å². The van der Waals surface area contributed by atoms with Crippen molar-refractivity contribution in [2.24, 2.45) is 0 Å². The van der Waals surface area contributed by atoms with Gasteiger partial charge in [0.05, 0.1) is 36.1 Å². The molecule has 34 heavy (non-hydrogen) atoms. The number of nitrogens with zero attached hydrogens (tertiary/aromatic N) is 2. The van der Waals surface area contributed by atoms with Crippen molar-refractivity contribution in [1.29, 1.82) is 0 Å². The standard InChI is InChI=1S/C25H20ClFN2O5/c1-33-19-12-20(34-2)17(26)11-16(19)23(30)21-22(18-5-3-4-10-28-18)29(25(32)24(21)31)13-14-6-8-15(27)9-7-14/h3-12,22,30H,13H2,1-2H3/b23-21+. The van der Waals surface area contributed by atoms with E-state index in [2.05, 4.69) is 4.98 Å². The Morgan fingerprint density at radius 1 is 1.09 bits per heavy atom. The maximum atomic E-state index is 13.4. The van der Waals surface area contributed by atoms with E-state index < -0.39 is 29.3 Å². The van der Waals surface area contributed by atoms with Gasteiger partial charge in [0.25, 0.3) is 11.7 Å². The Balaban J connectivity index is 1.89. The zero-order valence-electron chi connectivity index (χ0n) is 18.3. The van der Waals surface area contributed by atoms with Crippen molar-refractivity contribution in [3.05, 3.63) is 94.0 Å². The Labute approximate surface area is 200 Å². The van der Waals surface area contributed by atoms with Crippen LogP contribution in [-0.2, 0) is 16.1 Å². The number of aliphatic hydroxyl groups is 1. The number of ketones is 1. The molecule has 1 aromatic heterocycles. The van der Waals surface area contributed by atoms with Gasteiger partial charge < -0.3 is 19.5 Å². The molecule has 0 saturated carbocycles. The zero-order chi connectivity index (χ0) is 24.4. The molecule has 1 unspecified atom stereocenters. The lowest BCUT2D eigenvalue weighted by Crippen LogP contribution is -2.29. The number of halogens is 2. The van der Waals surface area contributed by atoms with Gasteiger partial charge in [-0.25, -0.2) is 4.39 Å². The highest BCUT2D eigenvalue weighted by molar-refractivity contribution is 6.46. The van der Waals surface area contributed by atoms with E-state index in [1.54, 1.807) is 18.2 Å². The average Bonchev–Trinajstić information content (AvgIpc) is 3.10. The van der Waals surface area contributed by atoms with E-state index >= 15 is 0 Å². The molecule has 9 heteroatoms. The summed E-state index contributed by atoms with van der Waals surface area (Å²) >= 11 is 6.26. The van der Waals surface area contributed by atoms with Gasteiger partial charge in [-0.15, -0.1) is 0 Å². The van der Waals surface area contributed by atoms with Crippen molar-refractivity contribution in [3.63, 3.8) is 0 Å². The highest BCUT2D eigenvalue weighted by atomic mass is 35.5. The lowest BCUT2D eigenvalue weighted by Gasteiger charge is -2.24. The molecule has 1 fully saturated rings. The fraction of sp³-hybridized carbons (Fsp3) is 0.160. The summed E-state index contributed by atoms with van der Waals surface area (Å²) in [5, 5.41) is 11.5. The lowest BCUT2D eigenvalue weighted by molar-refractivity contribution is -0.140. The number of aliphatic hydroxyl groups excluding tert-OH is 1. The Morgan fingerprint density at radius 3 is 2.41 bits per heavy atom. The fourth-order valence-corrected chi connectivity index (χ4v) is 4.11. The van der Waals surface area contributed by atoms with Crippen LogP contribution in [0.3, 0.4) is 0 Å². The number of amides is 1. The molecule has 0 aliphatic carbocycles. The first-order valence-electron chi connectivity index (χ1n) is 10.2. The first-order chi connectivity index (χ1) is 16.3. The number of carbonyl (C=O) groups is 2. The summed E-state index contributed by atoms with van der Waals surface area (Å²) in [4.78, 5) is 31.9. The molecule has 174 valence electrons. The number of methoxy groups -OCH3 is 2. The van der Waals surface area contributed by atoms with Crippen molar-refractivity contribution in [2.75, 3.05) is 14.2 Å². The molecule has 3 aromatic rings. The van der Waals surface area contributed by atoms with Crippen LogP contribution >= 0.6 is 11.6 Å². The molecule has 7 nitrogen and oxygen atoms in total. The first-order valence-corrected chi connectivity index (χ1v) is 10.6. The van der Waals surface area contributed by atoms with Crippen LogP contribution in [0.25, 0.3) is 5.76 Å². The van der Waals surface area contributed by atoms with Crippen molar-refractivity contribution < 1.29 is 28.6 Å². The predicted octanol–water partition coefficient (Wildman–Crippen LogP) is 4.51. The molecule has 1 amide bonds. The third-order valence-corrected chi connectivity index (χ3v) is 5.80. The molecule has 1 N–H and O–H groups in total. The van der Waals surface area contributed by atoms with Gasteiger partial charge in [-0.2, -0.15) is 0 Å². The van der Waals surface area contributed by atoms with Crippen LogP contribution in [0.1, 0.15) is 22.9 Å². The smallest absolute Gasteiger partial charge is 0.296 e. The van der Waals surface area contributed by atoms with Crippen LogP contribution < -0.4 is 9.47 Å². The number of carbonyl (C=O) groups excluding carboxylic acids is 2. The molecule has 1 aliphatic heterocycles. The third kappa shape index (κ3) is 4.20. The number of ether oxygens (including phenoxy) is 2. The van der Waals surface area contributed by atoms with E-state index in [1.165, 1.54) is 61.7 Å². The van der Waals surface area contributed by atoms with Crippen LogP contribution in [0, 0.1) is 5.82 Å². The van der Waals surface area contributed by atoms with Gasteiger partial charge >= 0.3 is 0 Å². The SMILES string of the molecule is COc1cc(OC)c(/C(O)=C2\C(=O)C(=O)N(Cc3ccc(F)cc3)C2c2ccccn2)cc1Cl. The van der Waals surface area contributed by atoms with Gasteiger partial charge in [-0.1, -0.05) is 29.8 Å². The molecule has 1 aliphatic rings. The summed E-state index contributed by atoms with van der Waals surface area (Å²) in [6, 6.07) is 12.5. The summed E-state index contributed by atoms with van der Waals surface area (Å²) in [7, 11) is 2.82. The summed E-state index contributed by atoms with van der Waals surface area (Å²) in [6.45, 7) is 0.00335. The molecule has 2 aromatic carbocycles. The monoisotopic (exact) mass is 482 g/mol. The van der Waals surface area contributed by atoms with E-state index in [1.807, 2.05) is 0 Å². The molecular weight excluding hydrogens is 463 g/mol. The average molecular weight is 483 g/mol. The number of rotatable bonds is 6. The minimum atomic E-state index is -0.989. The molecular formula is C25H20ClFN2O5. The van der Waals surface area contributed by atoms with Crippen molar-refractivity contribution >= 4 is 29.1 Å². The second-order valence-corrected chi connectivity index (χ2v) is 7.90. The molecule has 0 bridgehead atoms. The molecule has 0 spiro atoms. The van der Waals surface area contributed by atoms with E-state index in [0.717, 1.165) is 0 Å². The molecule has 0 radical (unpaired) electrons. The quantitative estimate of drug-likeness (QED) is 0.316.